The fourth-order valence-electron chi connectivity index (χ4n) is 1.57. The van der Waals surface area contributed by atoms with Crippen molar-refractivity contribution in [3.05, 3.63) is 34.9 Å². The van der Waals surface area contributed by atoms with E-state index in [4.69, 9.17) is 16.3 Å². The smallest absolute Gasteiger partial charge is 0.240 e. The zero-order valence-corrected chi connectivity index (χ0v) is 9.53. The summed E-state index contributed by atoms with van der Waals surface area (Å²) in [7, 11) is 1.93. The Bertz CT molecular complexity index is 392. The summed E-state index contributed by atoms with van der Waals surface area (Å²) in [5.41, 5.74) is 0.845. The highest BCUT2D eigenvalue weighted by molar-refractivity contribution is 6.33. The third-order valence-corrected chi connectivity index (χ3v) is 2.53. The van der Waals surface area contributed by atoms with E-state index in [0.717, 1.165) is 12.1 Å². The maximum Gasteiger partial charge on any atom is 0.240 e. The Hall–Kier alpha value is -1.22. The number of benzene rings is 1. The van der Waals surface area contributed by atoms with Gasteiger partial charge in [0.1, 0.15) is 6.10 Å². The van der Waals surface area contributed by atoms with Crippen molar-refractivity contribution in [2.45, 2.75) is 13.0 Å². The molecule has 4 heteroatoms. The van der Waals surface area contributed by atoms with E-state index in [9.17, 15) is 0 Å². The largest absolute Gasteiger partial charge is 0.471 e. The Labute approximate surface area is 94.3 Å². The third kappa shape index (κ3) is 2.23. The van der Waals surface area contributed by atoms with Crippen LogP contribution in [0.5, 0.6) is 0 Å². The van der Waals surface area contributed by atoms with Crippen LogP contribution in [-0.2, 0) is 4.74 Å². The Morgan fingerprint density at radius 3 is 2.87 bits per heavy atom. The Kier molecular flexibility index (Phi) is 2.82. The fourth-order valence-corrected chi connectivity index (χ4v) is 1.79. The summed E-state index contributed by atoms with van der Waals surface area (Å²) in [5, 5.41) is 6.84. The lowest BCUT2D eigenvalue weighted by Gasteiger charge is -2.27. The normalized spacial score (nSPS) is 20.9. The van der Waals surface area contributed by atoms with Crippen molar-refractivity contribution in [2.75, 3.05) is 13.6 Å². The van der Waals surface area contributed by atoms with Gasteiger partial charge in [0, 0.05) is 7.05 Å². The predicted molar refractivity (Wildman–Crippen MR) is 61.2 cm³/mol. The maximum atomic E-state index is 6.07. The second-order valence-corrected chi connectivity index (χ2v) is 4.06. The first-order valence-corrected chi connectivity index (χ1v) is 5.26. The molecule has 1 aliphatic rings. The lowest BCUT2D eigenvalue weighted by molar-refractivity contribution is 0.120. The lowest BCUT2D eigenvalue weighted by atomic mass is 10.2. The van der Waals surface area contributed by atoms with E-state index in [1.807, 2.05) is 43.2 Å². The summed E-state index contributed by atoms with van der Waals surface area (Å²) in [4.78, 5) is 0. The van der Waals surface area contributed by atoms with Gasteiger partial charge >= 0.3 is 0 Å². The van der Waals surface area contributed by atoms with Gasteiger partial charge in [0.2, 0.25) is 5.90 Å². The number of hydrogen-bond acceptors (Lipinski definition) is 3. The maximum absolute atomic E-state index is 6.07. The minimum Gasteiger partial charge on any atom is -0.471 e. The molecule has 0 amide bonds. The van der Waals surface area contributed by atoms with Gasteiger partial charge in [-0.2, -0.15) is 0 Å². The molecule has 0 saturated heterocycles. The highest BCUT2D eigenvalue weighted by Crippen LogP contribution is 2.19. The van der Waals surface area contributed by atoms with Crippen molar-refractivity contribution >= 4 is 17.5 Å². The molecule has 0 aromatic heterocycles. The van der Waals surface area contributed by atoms with Crippen molar-refractivity contribution in [2.24, 2.45) is 5.10 Å². The second kappa shape index (κ2) is 4.11. The van der Waals surface area contributed by atoms with Crippen molar-refractivity contribution in [3.8, 4) is 0 Å². The van der Waals surface area contributed by atoms with E-state index >= 15 is 0 Å². The van der Waals surface area contributed by atoms with Crippen LogP contribution >= 0.6 is 11.6 Å². The molecular weight excluding hydrogens is 212 g/mol. The zero-order valence-electron chi connectivity index (χ0n) is 8.77. The lowest BCUT2D eigenvalue weighted by Crippen LogP contribution is -2.34. The van der Waals surface area contributed by atoms with Crippen LogP contribution in [0, 0.1) is 0 Å². The minimum absolute atomic E-state index is 0.138. The van der Waals surface area contributed by atoms with Gasteiger partial charge in [-0.15, -0.1) is 5.10 Å². The average molecular weight is 225 g/mol. The molecule has 1 aromatic rings. The van der Waals surface area contributed by atoms with E-state index in [1.165, 1.54) is 0 Å². The number of rotatable bonds is 1. The van der Waals surface area contributed by atoms with Gasteiger partial charge in [-0.1, -0.05) is 23.7 Å². The van der Waals surface area contributed by atoms with E-state index in [2.05, 4.69) is 5.10 Å². The van der Waals surface area contributed by atoms with Crippen LogP contribution in [0.1, 0.15) is 12.5 Å². The van der Waals surface area contributed by atoms with Gasteiger partial charge in [-0.3, -0.25) is 5.01 Å². The molecule has 0 spiro atoms. The monoisotopic (exact) mass is 224 g/mol. The number of halogens is 1. The molecular formula is C11H13ClN2O. The first-order valence-electron chi connectivity index (χ1n) is 4.88. The van der Waals surface area contributed by atoms with Gasteiger partial charge in [-0.25, -0.2) is 0 Å². The first kappa shape index (κ1) is 10.3. The van der Waals surface area contributed by atoms with Crippen molar-refractivity contribution in [3.63, 3.8) is 0 Å². The highest BCUT2D eigenvalue weighted by atomic mass is 35.5. The Morgan fingerprint density at radius 2 is 2.20 bits per heavy atom. The molecule has 3 nitrogen and oxygen atoms in total. The summed E-state index contributed by atoms with van der Waals surface area (Å²) in [6, 6.07) is 7.56. The molecule has 0 radical (unpaired) electrons. The predicted octanol–water partition coefficient (Wildman–Crippen LogP) is 2.35. The summed E-state index contributed by atoms with van der Waals surface area (Å²) < 4.78 is 5.65. The van der Waals surface area contributed by atoms with Crippen molar-refractivity contribution in [1.29, 1.82) is 0 Å². The van der Waals surface area contributed by atoms with Crippen LogP contribution in [0.15, 0.2) is 29.4 Å². The summed E-state index contributed by atoms with van der Waals surface area (Å²) in [5.74, 6) is 0.599. The Morgan fingerprint density at radius 1 is 1.47 bits per heavy atom. The van der Waals surface area contributed by atoms with E-state index in [-0.39, 0.29) is 6.10 Å². The summed E-state index contributed by atoms with van der Waals surface area (Å²) >= 11 is 6.07. The Balaban J connectivity index is 2.35. The molecule has 0 bridgehead atoms. The standard InChI is InChI=1S/C11H13ClN2O/c1-8-7-14(2)13-11(15-8)9-5-3-4-6-10(9)12/h3-6,8H,7H2,1-2H3. The third-order valence-electron chi connectivity index (χ3n) is 2.20. The van der Waals surface area contributed by atoms with Crippen LogP contribution in [-0.4, -0.2) is 30.6 Å². The quantitative estimate of drug-likeness (QED) is 0.732. The molecule has 0 aliphatic carbocycles. The number of ether oxygens (including phenoxy) is 1. The molecule has 1 aliphatic heterocycles. The topological polar surface area (TPSA) is 24.8 Å². The summed E-state index contributed by atoms with van der Waals surface area (Å²) in [6.07, 6.45) is 0.138. The number of hydrogen-bond donors (Lipinski definition) is 0. The van der Waals surface area contributed by atoms with Gasteiger partial charge in [0.25, 0.3) is 0 Å². The van der Waals surface area contributed by atoms with Crippen LogP contribution in [0.25, 0.3) is 0 Å². The fraction of sp³-hybridized carbons (Fsp3) is 0.364. The number of hydrazone groups is 1. The first-order chi connectivity index (χ1) is 7.16. The van der Waals surface area contributed by atoms with Crippen LogP contribution in [0.3, 0.4) is 0 Å². The number of likely N-dealkylation sites (N-methyl/N-ethyl adjacent to an activating group) is 1. The highest BCUT2D eigenvalue weighted by Gasteiger charge is 2.19. The molecule has 0 saturated carbocycles. The molecule has 0 fully saturated rings. The molecule has 15 heavy (non-hydrogen) atoms. The second-order valence-electron chi connectivity index (χ2n) is 3.65. The number of nitrogens with zero attached hydrogens (tertiary/aromatic N) is 2. The zero-order chi connectivity index (χ0) is 10.8. The molecule has 1 atom stereocenters. The molecule has 0 N–H and O–H groups in total. The van der Waals surface area contributed by atoms with Gasteiger partial charge in [0.15, 0.2) is 0 Å². The molecule has 2 rings (SSSR count). The van der Waals surface area contributed by atoms with E-state index in [1.54, 1.807) is 0 Å². The van der Waals surface area contributed by atoms with Crippen LogP contribution < -0.4 is 0 Å². The van der Waals surface area contributed by atoms with Crippen LogP contribution in [0.4, 0.5) is 0 Å². The minimum atomic E-state index is 0.138. The summed E-state index contributed by atoms with van der Waals surface area (Å²) in [6.45, 7) is 2.82. The van der Waals surface area contributed by atoms with E-state index in [0.29, 0.717) is 10.9 Å². The van der Waals surface area contributed by atoms with Gasteiger partial charge < -0.3 is 4.74 Å². The molecule has 1 unspecified atom stereocenters. The van der Waals surface area contributed by atoms with Gasteiger partial charge in [0.05, 0.1) is 17.1 Å². The van der Waals surface area contributed by atoms with E-state index < -0.39 is 0 Å². The average Bonchev–Trinajstić information content (AvgIpc) is 2.16. The molecule has 1 aromatic carbocycles. The van der Waals surface area contributed by atoms with Crippen molar-refractivity contribution < 1.29 is 4.74 Å². The SMILES string of the molecule is CC1CN(C)N=C(c2ccccc2Cl)O1. The molecule has 1 heterocycles. The van der Waals surface area contributed by atoms with Crippen molar-refractivity contribution in [1.82, 2.24) is 5.01 Å². The van der Waals surface area contributed by atoms with Crippen LogP contribution in [0.2, 0.25) is 5.02 Å². The van der Waals surface area contributed by atoms with Gasteiger partial charge in [-0.05, 0) is 19.1 Å². The molecule has 80 valence electrons.